The van der Waals surface area contributed by atoms with Crippen molar-refractivity contribution in [2.45, 2.75) is 51.2 Å². The number of aliphatic hydroxyl groups is 1. The lowest BCUT2D eigenvalue weighted by atomic mass is 9.93. The number of rotatable bonds is 11. The molecule has 0 radical (unpaired) electrons. The van der Waals surface area contributed by atoms with Crippen LogP contribution in [0.5, 0.6) is 0 Å². The van der Waals surface area contributed by atoms with Gasteiger partial charge in [0.05, 0.1) is 25.9 Å². The van der Waals surface area contributed by atoms with Crippen LogP contribution in [0, 0.1) is 0 Å². The number of hydrogen-bond acceptors (Lipinski definition) is 4. The summed E-state index contributed by atoms with van der Waals surface area (Å²) in [7, 11) is 0. The molecule has 0 spiro atoms. The smallest absolute Gasteiger partial charge is 0.0897 e. The molecule has 0 saturated heterocycles. The number of ether oxygens (including phenoxy) is 2. The second kappa shape index (κ2) is 9.83. The topological polar surface area (TPSA) is 50.7 Å². The van der Waals surface area contributed by atoms with Gasteiger partial charge in [-0.2, -0.15) is 0 Å². The van der Waals surface area contributed by atoms with Gasteiger partial charge in [0, 0.05) is 19.2 Å². The van der Waals surface area contributed by atoms with E-state index in [1.807, 2.05) is 0 Å². The number of aliphatic hydroxyl groups excluding tert-OH is 1. The Bertz CT molecular complexity index is 174. The summed E-state index contributed by atoms with van der Waals surface area (Å²) in [6.45, 7) is 5.20. The van der Waals surface area contributed by atoms with Crippen molar-refractivity contribution in [1.29, 1.82) is 0 Å². The summed E-state index contributed by atoms with van der Waals surface area (Å²) in [6.07, 6.45) is 5.68. The Morgan fingerprint density at radius 2 is 2.00 bits per heavy atom. The normalized spacial score (nSPS) is 18.0. The van der Waals surface area contributed by atoms with Gasteiger partial charge < -0.3 is 19.9 Å². The van der Waals surface area contributed by atoms with E-state index < -0.39 is 6.10 Å². The van der Waals surface area contributed by atoms with Gasteiger partial charge in [0.2, 0.25) is 0 Å². The summed E-state index contributed by atoms with van der Waals surface area (Å²) < 4.78 is 10.7. The van der Waals surface area contributed by atoms with Crippen molar-refractivity contribution >= 4 is 0 Å². The molecule has 0 aromatic carbocycles. The molecule has 1 aliphatic carbocycles. The average Bonchev–Trinajstić information content (AvgIpc) is 2.26. The quantitative estimate of drug-likeness (QED) is 0.539. The highest BCUT2D eigenvalue weighted by Gasteiger charge is 2.17. The van der Waals surface area contributed by atoms with Crippen LogP contribution in [0.15, 0.2) is 0 Å². The molecule has 2 N–H and O–H groups in total. The second-order valence-electron chi connectivity index (χ2n) is 4.73. The first-order chi connectivity index (χ1) is 8.33. The van der Waals surface area contributed by atoms with Gasteiger partial charge in [0.25, 0.3) is 0 Å². The molecule has 1 rings (SSSR count). The van der Waals surface area contributed by atoms with E-state index in [2.05, 4.69) is 12.2 Å². The van der Waals surface area contributed by atoms with Crippen LogP contribution in [0.1, 0.15) is 39.0 Å². The highest BCUT2D eigenvalue weighted by Crippen LogP contribution is 2.17. The first kappa shape index (κ1) is 14.9. The van der Waals surface area contributed by atoms with E-state index in [4.69, 9.17) is 9.47 Å². The molecule has 4 heteroatoms. The van der Waals surface area contributed by atoms with Crippen molar-refractivity contribution in [2.24, 2.45) is 0 Å². The van der Waals surface area contributed by atoms with E-state index >= 15 is 0 Å². The van der Waals surface area contributed by atoms with Gasteiger partial charge in [-0.25, -0.2) is 0 Å². The van der Waals surface area contributed by atoms with Crippen molar-refractivity contribution in [3.8, 4) is 0 Å². The third-order valence-electron chi connectivity index (χ3n) is 3.07. The maximum Gasteiger partial charge on any atom is 0.0897 e. The molecule has 17 heavy (non-hydrogen) atoms. The van der Waals surface area contributed by atoms with Crippen molar-refractivity contribution in [1.82, 2.24) is 5.32 Å². The molecule has 1 unspecified atom stereocenters. The Kier molecular flexibility index (Phi) is 8.61. The van der Waals surface area contributed by atoms with E-state index in [0.717, 1.165) is 19.4 Å². The van der Waals surface area contributed by atoms with E-state index in [1.54, 1.807) is 0 Å². The molecule has 0 amide bonds. The van der Waals surface area contributed by atoms with Gasteiger partial charge in [-0.15, -0.1) is 0 Å². The van der Waals surface area contributed by atoms with Gasteiger partial charge in [0.15, 0.2) is 0 Å². The summed E-state index contributed by atoms with van der Waals surface area (Å²) in [5.74, 6) is 0. The zero-order chi connectivity index (χ0) is 12.3. The predicted octanol–water partition coefficient (Wildman–Crippen LogP) is 1.32. The first-order valence-electron chi connectivity index (χ1n) is 6.90. The summed E-state index contributed by atoms with van der Waals surface area (Å²) in [6, 6.07) is 0.627. The fourth-order valence-electron chi connectivity index (χ4n) is 1.66. The van der Waals surface area contributed by atoms with Gasteiger partial charge >= 0.3 is 0 Å². The average molecular weight is 245 g/mol. The van der Waals surface area contributed by atoms with Crippen LogP contribution in [0.3, 0.4) is 0 Å². The first-order valence-corrected chi connectivity index (χ1v) is 6.90. The maximum absolute atomic E-state index is 9.63. The number of unbranched alkanes of at least 4 members (excludes halogenated alkanes) is 1. The minimum atomic E-state index is -0.397. The summed E-state index contributed by atoms with van der Waals surface area (Å²) in [5, 5.41) is 13.0. The minimum absolute atomic E-state index is 0.397. The minimum Gasteiger partial charge on any atom is -0.389 e. The fourth-order valence-corrected chi connectivity index (χ4v) is 1.66. The lowest BCUT2D eigenvalue weighted by molar-refractivity contribution is 0.00247. The van der Waals surface area contributed by atoms with E-state index in [0.29, 0.717) is 32.4 Å². The Balaban J connectivity index is 1.77. The van der Waals surface area contributed by atoms with Gasteiger partial charge in [-0.3, -0.25) is 0 Å². The van der Waals surface area contributed by atoms with Gasteiger partial charge in [0.1, 0.15) is 0 Å². The molecular weight excluding hydrogens is 218 g/mol. The fraction of sp³-hybridized carbons (Fsp3) is 1.00. The van der Waals surface area contributed by atoms with E-state index in [1.165, 1.54) is 19.3 Å². The van der Waals surface area contributed by atoms with Gasteiger partial charge in [-0.05, 0) is 19.3 Å². The highest BCUT2D eigenvalue weighted by atomic mass is 16.5. The molecule has 1 aliphatic rings. The van der Waals surface area contributed by atoms with Crippen molar-refractivity contribution in [3.63, 3.8) is 0 Å². The molecule has 0 aliphatic heterocycles. The van der Waals surface area contributed by atoms with Crippen molar-refractivity contribution in [2.75, 3.05) is 33.0 Å². The zero-order valence-electron chi connectivity index (χ0n) is 11.0. The van der Waals surface area contributed by atoms with Crippen molar-refractivity contribution in [3.05, 3.63) is 0 Å². The standard InChI is InChI=1S/C13H27NO3/c1-2-3-7-16-8-9-17-11-13(15)10-14-12-5-4-6-12/h12-15H,2-11H2,1H3. The number of nitrogens with one attached hydrogen (secondary N) is 1. The van der Waals surface area contributed by atoms with Crippen LogP contribution in [-0.4, -0.2) is 50.2 Å². The molecule has 0 aromatic heterocycles. The molecule has 1 fully saturated rings. The Hall–Kier alpha value is -0.160. The van der Waals surface area contributed by atoms with E-state index in [-0.39, 0.29) is 0 Å². The third kappa shape index (κ3) is 7.71. The highest BCUT2D eigenvalue weighted by molar-refractivity contribution is 4.77. The molecule has 0 aromatic rings. The SMILES string of the molecule is CCCCOCCOCC(O)CNC1CCC1. The van der Waals surface area contributed by atoms with E-state index in [9.17, 15) is 5.11 Å². The Morgan fingerprint density at radius 1 is 1.24 bits per heavy atom. The third-order valence-corrected chi connectivity index (χ3v) is 3.07. The van der Waals surface area contributed by atoms with Gasteiger partial charge in [-0.1, -0.05) is 19.8 Å². The number of hydrogen-bond donors (Lipinski definition) is 2. The predicted molar refractivity (Wildman–Crippen MR) is 68.2 cm³/mol. The summed E-state index contributed by atoms with van der Waals surface area (Å²) in [4.78, 5) is 0. The van der Waals surface area contributed by atoms with Crippen LogP contribution in [0.25, 0.3) is 0 Å². The molecule has 1 saturated carbocycles. The van der Waals surface area contributed by atoms with Crippen LogP contribution >= 0.6 is 0 Å². The largest absolute Gasteiger partial charge is 0.389 e. The van der Waals surface area contributed by atoms with Crippen LogP contribution in [0.2, 0.25) is 0 Å². The summed E-state index contributed by atoms with van der Waals surface area (Å²) in [5.41, 5.74) is 0. The molecule has 1 atom stereocenters. The molecule has 4 nitrogen and oxygen atoms in total. The molecule has 102 valence electrons. The Labute approximate surface area is 105 Å². The lowest BCUT2D eigenvalue weighted by Crippen LogP contribution is -2.41. The monoisotopic (exact) mass is 245 g/mol. The zero-order valence-corrected chi connectivity index (χ0v) is 11.0. The lowest BCUT2D eigenvalue weighted by Gasteiger charge is -2.27. The van der Waals surface area contributed by atoms with Crippen LogP contribution in [-0.2, 0) is 9.47 Å². The summed E-state index contributed by atoms with van der Waals surface area (Å²) >= 11 is 0. The van der Waals surface area contributed by atoms with Crippen molar-refractivity contribution < 1.29 is 14.6 Å². The second-order valence-corrected chi connectivity index (χ2v) is 4.73. The Morgan fingerprint density at radius 3 is 2.65 bits per heavy atom. The maximum atomic E-state index is 9.63. The van der Waals surface area contributed by atoms with Crippen LogP contribution in [0.4, 0.5) is 0 Å². The van der Waals surface area contributed by atoms with Crippen LogP contribution < -0.4 is 5.32 Å². The molecular formula is C13H27NO3. The molecule has 0 bridgehead atoms. The molecule has 0 heterocycles.